The van der Waals surface area contributed by atoms with E-state index in [1.165, 1.54) is 12.8 Å². The third-order valence-corrected chi connectivity index (χ3v) is 3.28. The highest BCUT2D eigenvalue weighted by molar-refractivity contribution is 4.79. The average molecular weight is 230 g/mol. The molecule has 0 aromatic heterocycles. The topological polar surface area (TPSA) is 44.7 Å². The second kappa shape index (κ2) is 8.01. The van der Waals surface area contributed by atoms with E-state index < -0.39 is 0 Å². The lowest BCUT2D eigenvalue weighted by atomic mass is 10.0. The molecule has 1 fully saturated rings. The summed E-state index contributed by atoms with van der Waals surface area (Å²) in [6, 6.07) is 1.06. The Morgan fingerprint density at radius 2 is 2.12 bits per heavy atom. The van der Waals surface area contributed by atoms with E-state index in [1.807, 2.05) is 0 Å². The largest absolute Gasteiger partial charge is 0.396 e. The van der Waals surface area contributed by atoms with Crippen molar-refractivity contribution in [3.63, 3.8) is 0 Å². The Bertz CT molecular complexity index is 170. The maximum absolute atomic E-state index is 8.84. The van der Waals surface area contributed by atoms with Gasteiger partial charge in [-0.1, -0.05) is 0 Å². The van der Waals surface area contributed by atoms with E-state index in [0.29, 0.717) is 12.1 Å². The molecular weight excluding hydrogens is 204 g/mol. The lowest BCUT2D eigenvalue weighted by Crippen LogP contribution is -2.46. The molecule has 0 spiro atoms. The van der Waals surface area contributed by atoms with Crippen molar-refractivity contribution in [2.45, 2.75) is 38.3 Å². The predicted molar refractivity (Wildman–Crippen MR) is 65.6 cm³/mol. The minimum Gasteiger partial charge on any atom is -0.396 e. The summed E-state index contributed by atoms with van der Waals surface area (Å²) in [5.74, 6) is 0. The molecule has 0 aliphatic carbocycles. The van der Waals surface area contributed by atoms with Crippen LogP contribution in [0.3, 0.4) is 0 Å². The monoisotopic (exact) mass is 230 g/mol. The van der Waals surface area contributed by atoms with Crippen LogP contribution in [-0.4, -0.2) is 62.0 Å². The van der Waals surface area contributed by atoms with Crippen molar-refractivity contribution in [1.82, 2.24) is 10.2 Å². The molecule has 1 aliphatic heterocycles. The number of hydrogen-bond donors (Lipinski definition) is 2. The Balaban J connectivity index is 2.11. The molecule has 0 aromatic rings. The third-order valence-electron chi connectivity index (χ3n) is 3.28. The summed E-state index contributed by atoms with van der Waals surface area (Å²) in [7, 11) is 1.75. The molecule has 0 bridgehead atoms. The maximum atomic E-state index is 8.84. The Kier molecular flexibility index (Phi) is 6.96. The van der Waals surface area contributed by atoms with Gasteiger partial charge in [-0.15, -0.1) is 0 Å². The normalized spacial score (nSPS) is 21.2. The van der Waals surface area contributed by atoms with Gasteiger partial charge in [-0.3, -0.25) is 0 Å². The van der Waals surface area contributed by atoms with Crippen LogP contribution in [0.15, 0.2) is 0 Å². The van der Waals surface area contributed by atoms with E-state index in [0.717, 1.165) is 32.7 Å². The molecule has 4 nitrogen and oxygen atoms in total. The number of aliphatic hydroxyl groups excluding tert-OH is 1. The first kappa shape index (κ1) is 13.9. The second-order valence-electron chi connectivity index (χ2n) is 4.69. The van der Waals surface area contributed by atoms with Gasteiger partial charge in [0.05, 0.1) is 6.61 Å². The van der Waals surface area contributed by atoms with Gasteiger partial charge in [0.1, 0.15) is 0 Å². The fourth-order valence-electron chi connectivity index (χ4n) is 2.22. The van der Waals surface area contributed by atoms with Crippen LogP contribution in [0.5, 0.6) is 0 Å². The molecule has 0 saturated carbocycles. The van der Waals surface area contributed by atoms with Gasteiger partial charge < -0.3 is 20.1 Å². The molecule has 0 radical (unpaired) electrons. The summed E-state index contributed by atoms with van der Waals surface area (Å²) in [5.41, 5.74) is 0. The Morgan fingerprint density at radius 3 is 2.69 bits per heavy atom. The van der Waals surface area contributed by atoms with Gasteiger partial charge in [0.15, 0.2) is 0 Å². The molecule has 0 amide bonds. The summed E-state index contributed by atoms with van der Waals surface area (Å²) >= 11 is 0. The number of nitrogens with one attached hydrogen (secondary N) is 1. The van der Waals surface area contributed by atoms with Crippen molar-refractivity contribution < 1.29 is 9.84 Å². The molecule has 0 unspecified atom stereocenters. The van der Waals surface area contributed by atoms with E-state index in [9.17, 15) is 0 Å². The molecule has 1 heterocycles. The number of nitrogens with zero attached hydrogens (tertiary/aromatic N) is 1. The molecule has 1 saturated heterocycles. The number of likely N-dealkylation sites (tertiary alicyclic amines) is 1. The van der Waals surface area contributed by atoms with Crippen molar-refractivity contribution in [2.24, 2.45) is 0 Å². The van der Waals surface area contributed by atoms with Crippen molar-refractivity contribution in [3.05, 3.63) is 0 Å². The van der Waals surface area contributed by atoms with Crippen LogP contribution in [0.25, 0.3) is 0 Å². The lowest BCUT2D eigenvalue weighted by Gasteiger charge is -2.33. The SMILES string of the molecule is COCCN1CCC(N[C@H](C)CCO)CC1. The second-order valence-corrected chi connectivity index (χ2v) is 4.69. The van der Waals surface area contributed by atoms with Crippen LogP contribution in [0.4, 0.5) is 0 Å². The standard InChI is InChI=1S/C12H26N2O2/c1-11(5-9-15)13-12-3-6-14(7-4-12)8-10-16-2/h11-13,15H,3-10H2,1-2H3/t11-/m1/s1. The fraction of sp³-hybridized carbons (Fsp3) is 1.00. The van der Waals surface area contributed by atoms with Crippen LogP contribution >= 0.6 is 0 Å². The summed E-state index contributed by atoms with van der Waals surface area (Å²) in [6.45, 7) is 6.63. The number of aliphatic hydroxyl groups is 1. The van der Waals surface area contributed by atoms with Gasteiger partial charge >= 0.3 is 0 Å². The van der Waals surface area contributed by atoms with Crippen LogP contribution < -0.4 is 5.32 Å². The molecule has 96 valence electrons. The molecule has 4 heteroatoms. The number of hydrogen-bond acceptors (Lipinski definition) is 4. The highest BCUT2D eigenvalue weighted by Gasteiger charge is 2.19. The maximum Gasteiger partial charge on any atom is 0.0589 e. The number of piperidine rings is 1. The van der Waals surface area contributed by atoms with Crippen LogP contribution in [0.2, 0.25) is 0 Å². The number of methoxy groups -OCH3 is 1. The smallest absolute Gasteiger partial charge is 0.0589 e. The van der Waals surface area contributed by atoms with Crippen LogP contribution in [-0.2, 0) is 4.74 Å². The quantitative estimate of drug-likeness (QED) is 0.667. The van der Waals surface area contributed by atoms with Crippen LogP contribution in [0, 0.1) is 0 Å². The molecule has 2 N–H and O–H groups in total. The molecule has 16 heavy (non-hydrogen) atoms. The Morgan fingerprint density at radius 1 is 1.44 bits per heavy atom. The first-order chi connectivity index (χ1) is 7.76. The highest BCUT2D eigenvalue weighted by atomic mass is 16.5. The Labute approximate surface area is 99.0 Å². The third kappa shape index (κ3) is 5.25. The van der Waals surface area contributed by atoms with Gasteiger partial charge in [0.2, 0.25) is 0 Å². The highest BCUT2D eigenvalue weighted by Crippen LogP contribution is 2.11. The summed E-state index contributed by atoms with van der Waals surface area (Å²) in [5, 5.41) is 12.4. The fourth-order valence-corrected chi connectivity index (χ4v) is 2.22. The zero-order chi connectivity index (χ0) is 11.8. The van der Waals surface area contributed by atoms with Crippen molar-refractivity contribution in [2.75, 3.05) is 40.0 Å². The zero-order valence-electron chi connectivity index (χ0n) is 10.6. The molecule has 1 atom stereocenters. The Hall–Kier alpha value is -0.160. The van der Waals surface area contributed by atoms with Crippen molar-refractivity contribution in [1.29, 1.82) is 0 Å². The molecule has 1 rings (SSSR count). The lowest BCUT2D eigenvalue weighted by molar-refractivity contribution is 0.123. The van der Waals surface area contributed by atoms with Gasteiger partial charge in [0.25, 0.3) is 0 Å². The number of rotatable bonds is 7. The van der Waals surface area contributed by atoms with Gasteiger partial charge in [-0.25, -0.2) is 0 Å². The van der Waals surface area contributed by atoms with E-state index >= 15 is 0 Å². The van der Waals surface area contributed by atoms with Crippen LogP contribution in [0.1, 0.15) is 26.2 Å². The molecule has 1 aliphatic rings. The first-order valence-corrected chi connectivity index (χ1v) is 6.34. The zero-order valence-corrected chi connectivity index (χ0v) is 10.6. The number of ether oxygens (including phenoxy) is 1. The van der Waals surface area contributed by atoms with Gasteiger partial charge in [-0.05, 0) is 39.3 Å². The van der Waals surface area contributed by atoms with Crippen molar-refractivity contribution >= 4 is 0 Å². The first-order valence-electron chi connectivity index (χ1n) is 6.34. The van der Waals surface area contributed by atoms with E-state index in [-0.39, 0.29) is 6.61 Å². The molecule has 0 aromatic carbocycles. The molecular formula is C12H26N2O2. The average Bonchev–Trinajstić information content (AvgIpc) is 2.28. The minimum absolute atomic E-state index is 0.279. The summed E-state index contributed by atoms with van der Waals surface area (Å²) in [6.07, 6.45) is 3.27. The van der Waals surface area contributed by atoms with Gasteiger partial charge in [0, 0.05) is 32.3 Å². The minimum atomic E-state index is 0.279. The summed E-state index contributed by atoms with van der Waals surface area (Å²) < 4.78 is 5.08. The van der Waals surface area contributed by atoms with Crippen molar-refractivity contribution in [3.8, 4) is 0 Å². The summed E-state index contributed by atoms with van der Waals surface area (Å²) in [4.78, 5) is 2.46. The van der Waals surface area contributed by atoms with Gasteiger partial charge in [-0.2, -0.15) is 0 Å². The van der Waals surface area contributed by atoms with E-state index in [4.69, 9.17) is 9.84 Å². The van der Waals surface area contributed by atoms with E-state index in [1.54, 1.807) is 7.11 Å². The predicted octanol–water partition coefficient (Wildman–Crippen LogP) is 0.458. The van der Waals surface area contributed by atoms with E-state index in [2.05, 4.69) is 17.1 Å².